The van der Waals surface area contributed by atoms with E-state index >= 15 is 0 Å². The van der Waals surface area contributed by atoms with E-state index in [-0.39, 0.29) is 18.1 Å². The Morgan fingerprint density at radius 1 is 1.08 bits per heavy atom. The number of ether oxygens (including phenoxy) is 3. The summed E-state index contributed by atoms with van der Waals surface area (Å²) in [4.78, 5) is 27.5. The number of anilines is 1. The molecule has 0 aliphatic carbocycles. The van der Waals surface area contributed by atoms with E-state index in [1.54, 1.807) is 34.9 Å². The molecule has 0 saturated heterocycles. The van der Waals surface area contributed by atoms with Crippen LogP contribution in [0.15, 0.2) is 47.4 Å². The Morgan fingerprint density at radius 3 is 2.46 bits per heavy atom. The lowest BCUT2D eigenvalue weighted by molar-refractivity contribution is -0.121. The van der Waals surface area contributed by atoms with Crippen LogP contribution in [-0.4, -0.2) is 45.0 Å². The molecule has 0 N–H and O–H groups in total. The molecule has 26 heavy (non-hydrogen) atoms. The first-order chi connectivity index (χ1) is 12.6. The fraction of sp³-hybridized carbons (Fsp3) is 0.263. The highest BCUT2D eigenvalue weighted by molar-refractivity contribution is 7.99. The van der Waals surface area contributed by atoms with Gasteiger partial charge in [-0.25, -0.2) is 4.79 Å². The SMILES string of the molecule is COc1cc(OC)cc(C(=O)OCC(=O)N2CCSc3ccccc32)c1. The minimum atomic E-state index is -0.602. The molecule has 1 heterocycles. The largest absolute Gasteiger partial charge is 0.497 e. The number of hydrogen-bond donors (Lipinski definition) is 0. The molecule has 1 aliphatic rings. The average molecular weight is 373 g/mol. The van der Waals surface area contributed by atoms with Gasteiger partial charge in [0.25, 0.3) is 5.91 Å². The monoisotopic (exact) mass is 373 g/mol. The molecule has 6 nitrogen and oxygen atoms in total. The van der Waals surface area contributed by atoms with E-state index in [9.17, 15) is 9.59 Å². The summed E-state index contributed by atoms with van der Waals surface area (Å²) in [6.07, 6.45) is 0. The van der Waals surface area contributed by atoms with Gasteiger partial charge in [-0.2, -0.15) is 0 Å². The number of nitrogens with zero attached hydrogens (tertiary/aromatic N) is 1. The number of rotatable bonds is 5. The van der Waals surface area contributed by atoms with Gasteiger partial charge in [0.05, 0.1) is 25.5 Å². The topological polar surface area (TPSA) is 65.1 Å². The summed E-state index contributed by atoms with van der Waals surface area (Å²) in [5.41, 5.74) is 1.12. The van der Waals surface area contributed by atoms with Gasteiger partial charge in [0.1, 0.15) is 11.5 Å². The molecular formula is C19H19NO5S. The number of fused-ring (bicyclic) bond motifs is 1. The minimum absolute atomic E-state index is 0.249. The average Bonchev–Trinajstić information content (AvgIpc) is 2.70. The van der Waals surface area contributed by atoms with Gasteiger partial charge in [0, 0.05) is 23.3 Å². The van der Waals surface area contributed by atoms with Crippen molar-refractivity contribution in [2.45, 2.75) is 4.90 Å². The van der Waals surface area contributed by atoms with Crippen molar-refractivity contribution in [3.05, 3.63) is 48.0 Å². The van der Waals surface area contributed by atoms with Crippen LogP contribution in [-0.2, 0) is 9.53 Å². The van der Waals surface area contributed by atoms with Gasteiger partial charge in [-0.3, -0.25) is 4.79 Å². The van der Waals surface area contributed by atoms with Crippen LogP contribution in [0.2, 0.25) is 0 Å². The van der Waals surface area contributed by atoms with Crippen LogP contribution in [0.1, 0.15) is 10.4 Å². The van der Waals surface area contributed by atoms with Crippen molar-refractivity contribution in [2.75, 3.05) is 38.0 Å². The predicted molar refractivity (Wildman–Crippen MR) is 99.3 cm³/mol. The molecule has 7 heteroatoms. The van der Waals surface area contributed by atoms with E-state index in [4.69, 9.17) is 14.2 Å². The van der Waals surface area contributed by atoms with Crippen molar-refractivity contribution in [2.24, 2.45) is 0 Å². The van der Waals surface area contributed by atoms with E-state index < -0.39 is 5.97 Å². The van der Waals surface area contributed by atoms with Gasteiger partial charge in [-0.05, 0) is 24.3 Å². The molecule has 0 saturated carbocycles. The van der Waals surface area contributed by atoms with Crippen molar-refractivity contribution in [1.29, 1.82) is 0 Å². The smallest absolute Gasteiger partial charge is 0.338 e. The highest BCUT2D eigenvalue weighted by Gasteiger charge is 2.24. The molecule has 0 fully saturated rings. The molecule has 0 spiro atoms. The summed E-state index contributed by atoms with van der Waals surface area (Å²) >= 11 is 1.71. The Kier molecular flexibility index (Phi) is 5.68. The second-order valence-corrected chi connectivity index (χ2v) is 6.68. The molecule has 1 aliphatic heterocycles. The second kappa shape index (κ2) is 8.14. The lowest BCUT2D eigenvalue weighted by Crippen LogP contribution is -2.38. The maximum atomic E-state index is 12.5. The summed E-state index contributed by atoms with van der Waals surface area (Å²) in [6.45, 7) is 0.266. The summed E-state index contributed by atoms with van der Waals surface area (Å²) in [7, 11) is 3.00. The molecule has 0 unspecified atom stereocenters. The Hall–Kier alpha value is -2.67. The van der Waals surface area contributed by atoms with Gasteiger partial charge in [-0.1, -0.05) is 12.1 Å². The van der Waals surface area contributed by atoms with Crippen molar-refractivity contribution in [1.82, 2.24) is 0 Å². The number of para-hydroxylation sites is 1. The highest BCUT2D eigenvalue weighted by Crippen LogP contribution is 2.34. The van der Waals surface area contributed by atoms with E-state index in [1.165, 1.54) is 14.2 Å². The number of carbonyl (C=O) groups excluding carboxylic acids is 2. The van der Waals surface area contributed by atoms with Gasteiger partial charge >= 0.3 is 5.97 Å². The third-order valence-electron chi connectivity index (χ3n) is 3.94. The molecule has 0 atom stereocenters. The molecule has 3 rings (SSSR count). The second-order valence-electron chi connectivity index (χ2n) is 5.54. The molecule has 2 aromatic carbocycles. The third kappa shape index (κ3) is 3.94. The number of thioether (sulfide) groups is 1. The van der Waals surface area contributed by atoms with E-state index in [2.05, 4.69) is 0 Å². The van der Waals surface area contributed by atoms with Crippen molar-refractivity contribution < 1.29 is 23.8 Å². The van der Waals surface area contributed by atoms with Crippen LogP contribution >= 0.6 is 11.8 Å². The quantitative estimate of drug-likeness (QED) is 0.751. The van der Waals surface area contributed by atoms with E-state index in [1.807, 2.05) is 24.3 Å². The van der Waals surface area contributed by atoms with Crippen LogP contribution in [0.4, 0.5) is 5.69 Å². The third-order valence-corrected chi connectivity index (χ3v) is 4.99. The number of amides is 1. The molecule has 0 radical (unpaired) electrons. The van der Waals surface area contributed by atoms with Crippen LogP contribution in [0.25, 0.3) is 0 Å². The first kappa shape index (κ1) is 18.1. The van der Waals surface area contributed by atoms with Gasteiger partial charge in [-0.15, -0.1) is 11.8 Å². The zero-order chi connectivity index (χ0) is 18.5. The van der Waals surface area contributed by atoms with Crippen LogP contribution in [0.5, 0.6) is 11.5 Å². The van der Waals surface area contributed by atoms with Gasteiger partial charge < -0.3 is 19.1 Å². The number of methoxy groups -OCH3 is 2. The zero-order valence-electron chi connectivity index (χ0n) is 14.6. The standard InChI is InChI=1S/C19H19NO5S/c1-23-14-9-13(10-15(11-14)24-2)19(22)25-12-18(21)20-7-8-26-17-6-4-3-5-16(17)20/h3-6,9-11H,7-8,12H2,1-2H3. The Labute approximate surface area is 156 Å². The number of carbonyl (C=O) groups is 2. The summed E-state index contributed by atoms with van der Waals surface area (Å²) in [5.74, 6) is 0.912. The summed E-state index contributed by atoms with van der Waals surface area (Å²) in [5, 5.41) is 0. The highest BCUT2D eigenvalue weighted by atomic mass is 32.2. The first-order valence-corrected chi connectivity index (χ1v) is 9.03. The lowest BCUT2D eigenvalue weighted by Gasteiger charge is -2.28. The first-order valence-electron chi connectivity index (χ1n) is 8.04. The molecular weight excluding hydrogens is 354 g/mol. The van der Waals surface area contributed by atoms with E-state index in [0.717, 1.165) is 16.3 Å². The lowest BCUT2D eigenvalue weighted by atomic mass is 10.2. The van der Waals surface area contributed by atoms with Crippen molar-refractivity contribution >= 4 is 29.3 Å². The number of hydrogen-bond acceptors (Lipinski definition) is 6. The maximum Gasteiger partial charge on any atom is 0.338 e. The molecule has 2 aromatic rings. The Balaban J connectivity index is 1.68. The zero-order valence-corrected chi connectivity index (χ0v) is 15.4. The van der Waals surface area contributed by atoms with Crippen LogP contribution < -0.4 is 14.4 Å². The number of benzene rings is 2. The molecule has 0 aromatic heterocycles. The maximum absolute atomic E-state index is 12.5. The fourth-order valence-corrected chi connectivity index (χ4v) is 3.64. The Morgan fingerprint density at radius 2 is 1.77 bits per heavy atom. The van der Waals surface area contributed by atoms with Crippen LogP contribution in [0.3, 0.4) is 0 Å². The predicted octanol–water partition coefficient (Wildman–Crippen LogP) is 3.00. The van der Waals surface area contributed by atoms with Crippen LogP contribution in [0, 0.1) is 0 Å². The summed E-state index contributed by atoms with van der Waals surface area (Å²) in [6, 6.07) is 12.5. The molecule has 0 bridgehead atoms. The minimum Gasteiger partial charge on any atom is -0.497 e. The Bertz CT molecular complexity index is 801. The van der Waals surface area contributed by atoms with Gasteiger partial charge in [0.15, 0.2) is 6.61 Å². The molecule has 1 amide bonds. The van der Waals surface area contributed by atoms with E-state index in [0.29, 0.717) is 18.0 Å². The van der Waals surface area contributed by atoms with Gasteiger partial charge in [0.2, 0.25) is 0 Å². The normalized spacial score (nSPS) is 12.9. The molecule has 136 valence electrons. The summed E-state index contributed by atoms with van der Waals surface area (Å²) < 4.78 is 15.5. The number of esters is 1. The fourth-order valence-electron chi connectivity index (χ4n) is 2.64. The van der Waals surface area contributed by atoms with Crippen molar-refractivity contribution in [3.8, 4) is 11.5 Å². The van der Waals surface area contributed by atoms with Crippen molar-refractivity contribution in [3.63, 3.8) is 0 Å².